The zero-order chi connectivity index (χ0) is 17.8. The van der Waals surface area contributed by atoms with Crippen LogP contribution in [0.5, 0.6) is 0 Å². The van der Waals surface area contributed by atoms with Gasteiger partial charge in [0.15, 0.2) is 0 Å². The number of hydrogen-bond donors (Lipinski definition) is 0. The lowest BCUT2D eigenvalue weighted by molar-refractivity contribution is 0.391. The Hall–Kier alpha value is -2.23. The molecule has 1 aromatic carbocycles. The maximum absolute atomic E-state index is 6.00. The summed E-state index contributed by atoms with van der Waals surface area (Å²) in [5, 5.41) is 19.3. The normalized spacial score (nSPS) is 11.1. The number of aromatic nitrogens is 6. The van der Waals surface area contributed by atoms with E-state index in [1.165, 1.54) is 16.6 Å². The van der Waals surface area contributed by atoms with E-state index in [0.29, 0.717) is 22.5 Å². The molecule has 10 heteroatoms. The molecule has 26 heavy (non-hydrogen) atoms. The van der Waals surface area contributed by atoms with E-state index in [0.717, 1.165) is 23.7 Å². The largest absolute Gasteiger partial charge is 0.338 e. The van der Waals surface area contributed by atoms with Gasteiger partial charge in [0.2, 0.25) is 16.9 Å². The second kappa shape index (κ2) is 7.98. The Morgan fingerprint density at radius 1 is 1.23 bits per heavy atom. The molecule has 0 bridgehead atoms. The molecule has 4 aromatic rings. The summed E-state index contributed by atoms with van der Waals surface area (Å²) in [6.07, 6.45) is 0.899. The highest BCUT2D eigenvalue weighted by Gasteiger charge is 2.13. The van der Waals surface area contributed by atoms with Crippen molar-refractivity contribution in [1.82, 2.24) is 30.3 Å². The van der Waals surface area contributed by atoms with Gasteiger partial charge in [0.25, 0.3) is 0 Å². The van der Waals surface area contributed by atoms with Gasteiger partial charge in [0, 0.05) is 21.9 Å². The Labute approximate surface area is 162 Å². The molecule has 0 atom stereocenters. The third-order valence-corrected chi connectivity index (χ3v) is 5.64. The molecule has 4 rings (SSSR count). The molecule has 0 unspecified atom stereocenters. The van der Waals surface area contributed by atoms with Gasteiger partial charge in [-0.2, -0.15) is 4.98 Å². The van der Waals surface area contributed by atoms with E-state index in [-0.39, 0.29) is 0 Å². The highest BCUT2D eigenvalue weighted by atomic mass is 35.5. The predicted octanol–water partition coefficient (Wildman–Crippen LogP) is 3.97. The molecule has 132 valence electrons. The summed E-state index contributed by atoms with van der Waals surface area (Å²) in [6.45, 7) is 0.730. The average molecular weight is 405 g/mol. The molecule has 0 N–H and O–H groups in total. The Kier molecular flexibility index (Phi) is 5.28. The van der Waals surface area contributed by atoms with E-state index in [9.17, 15) is 0 Å². The van der Waals surface area contributed by atoms with Crippen LogP contribution >= 0.6 is 34.7 Å². The summed E-state index contributed by atoms with van der Waals surface area (Å²) < 4.78 is 7.11. The van der Waals surface area contributed by atoms with Crippen LogP contribution in [-0.4, -0.2) is 30.3 Å². The molecule has 0 amide bonds. The minimum Gasteiger partial charge on any atom is -0.338 e. The third kappa shape index (κ3) is 4.12. The molecule has 0 aliphatic rings. The molecule has 3 aromatic heterocycles. The highest BCUT2D eigenvalue weighted by molar-refractivity contribution is 7.98. The maximum Gasteiger partial charge on any atom is 0.237 e. The van der Waals surface area contributed by atoms with Crippen molar-refractivity contribution < 1.29 is 4.52 Å². The fraction of sp³-hybridized carbons (Fsp3) is 0.188. The van der Waals surface area contributed by atoms with E-state index in [1.54, 1.807) is 28.2 Å². The van der Waals surface area contributed by atoms with Gasteiger partial charge in [-0.3, -0.25) is 0 Å². The molecule has 0 spiro atoms. The molecule has 0 aliphatic carbocycles. The fourth-order valence-electron chi connectivity index (χ4n) is 2.30. The summed E-state index contributed by atoms with van der Waals surface area (Å²) in [6, 6.07) is 11.5. The van der Waals surface area contributed by atoms with Crippen LogP contribution in [0.3, 0.4) is 0 Å². The number of thioether (sulfide) groups is 1. The lowest BCUT2D eigenvalue weighted by Crippen LogP contribution is -2.04. The number of rotatable bonds is 7. The number of thiophene rings is 1. The van der Waals surface area contributed by atoms with Crippen LogP contribution in [-0.2, 0) is 18.7 Å². The fourth-order valence-corrected chi connectivity index (χ4v) is 3.93. The van der Waals surface area contributed by atoms with Crippen LogP contribution in [0.25, 0.3) is 11.4 Å². The first-order chi connectivity index (χ1) is 12.8. The van der Waals surface area contributed by atoms with Crippen molar-refractivity contribution >= 4 is 34.7 Å². The van der Waals surface area contributed by atoms with Crippen molar-refractivity contribution in [3.63, 3.8) is 0 Å². The molecule has 0 aliphatic heterocycles. The van der Waals surface area contributed by atoms with E-state index < -0.39 is 0 Å². The van der Waals surface area contributed by atoms with E-state index >= 15 is 0 Å². The summed E-state index contributed by atoms with van der Waals surface area (Å²) in [7, 11) is 0. The SMILES string of the molecule is Clc1cccc(-c2noc(CSc3nnnn3CCc3cccs3)n2)c1. The highest BCUT2D eigenvalue weighted by Crippen LogP contribution is 2.23. The Morgan fingerprint density at radius 3 is 3.04 bits per heavy atom. The number of benzene rings is 1. The van der Waals surface area contributed by atoms with Crippen molar-refractivity contribution in [3.05, 3.63) is 57.6 Å². The van der Waals surface area contributed by atoms with Gasteiger partial charge < -0.3 is 4.52 Å². The van der Waals surface area contributed by atoms with Crippen LogP contribution in [0, 0.1) is 0 Å². The Bertz CT molecular complexity index is 984. The molecule has 7 nitrogen and oxygen atoms in total. The molecule has 0 radical (unpaired) electrons. The summed E-state index contributed by atoms with van der Waals surface area (Å²) in [4.78, 5) is 5.71. The first-order valence-electron chi connectivity index (χ1n) is 7.78. The second-order valence-electron chi connectivity index (χ2n) is 5.32. The van der Waals surface area contributed by atoms with Gasteiger partial charge in [0.1, 0.15) is 0 Å². The van der Waals surface area contributed by atoms with Crippen molar-refractivity contribution in [2.45, 2.75) is 23.9 Å². The van der Waals surface area contributed by atoms with Crippen LogP contribution in [0.4, 0.5) is 0 Å². The number of nitrogens with zero attached hydrogens (tertiary/aromatic N) is 6. The lowest BCUT2D eigenvalue weighted by atomic mass is 10.2. The monoisotopic (exact) mass is 404 g/mol. The molecule has 3 heterocycles. The van der Waals surface area contributed by atoms with Crippen molar-refractivity contribution in [1.29, 1.82) is 0 Å². The first-order valence-corrected chi connectivity index (χ1v) is 10.0. The smallest absolute Gasteiger partial charge is 0.237 e. The molecule has 0 saturated heterocycles. The predicted molar refractivity (Wildman–Crippen MR) is 100 cm³/mol. The number of halogens is 1. The topological polar surface area (TPSA) is 82.5 Å². The minimum atomic E-state index is 0.493. The zero-order valence-electron chi connectivity index (χ0n) is 13.4. The van der Waals surface area contributed by atoms with Crippen molar-refractivity contribution in [2.75, 3.05) is 0 Å². The van der Waals surface area contributed by atoms with E-state index in [4.69, 9.17) is 16.1 Å². The summed E-state index contributed by atoms with van der Waals surface area (Å²) in [5.74, 6) is 1.52. The number of tetrazole rings is 1. The molecular formula is C16H13ClN6OS2. The van der Waals surface area contributed by atoms with E-state index in [1.807, 2.05) is 18.2 Å². The first kappa shape index (κ1) is 17.2. The van der Waals surface area contributed by atoms with Gasteiger partial charge in [-0.25, -0.2) is 4.68 Å². The van der Waals surface area contributed by atoms with E-state index in [2.05, 4.69) is 37.1 Å². The maximum atomic E-state index is 6.00. The quantitative estimate of drug-likeness (QED) is 0.431. The summed E-state index contributed by atoms with van der Waals surface area (Å²) >= 11 is 9.19. The average Bonchev–Trinajstić information content (AvgIpc) is 3.39. The van der Waals surface area contributed by atoms with Gasteiger partial charge in [-0.15, -0.1) is 16.4 Å². The van der Waals surface area contributed by atoms with Gasteiger partial charge >= 0.3 is 0 Å². The number of aryl methyl sites for hydroxylation is 2. The molecule has 0 fully saturated rings. The number of hydrogen-bond acceptors (Lipinski definition) is 8. The van der Waals surface area contributed by atoms with Crippen LogP contribution in [0.15, 0.2) is 51.5 Å². The van der Waals surface area contributed by atoms with Gasteiger partial charge in [-0.1, -0.05) is 46.7 Å². The minimum absolute atomic E-state index is 0.493. The zero-order valence-corrected chi connectivity index (χ0v) is 15.8. The molecular weight excluding hydrogens is 392 g/mol. The Balaban J connectivity index is 1.38. The third-order valence-electron chi connectivity index (χ3n) is 3.52. The van der Waals surface area contributed by atoms with Gasteiger partial charge in [-0.05, 0) is 34.0 Å². The van der Waals surface area contributed by atoms with Crippen LogP contribution in [0.1, 0.15) is 10.8 Å². The summed E-state index contributed by atoms with van der Waals surface area (Å²) in [5.41, 5.74) is 0.818. The van der Waals surface area contributed by atoms with Crippen molar-refractivity contribution in [2.24, 2.45) is 0 Å². The van der Waals surface area contributed by atoms with Crippen LogP contribution in [0.2, 0.25) is 5.02 Å². The standard InChI is InChI=1S/C16H13ClN6OS2/c17-12-4-1-3-11(9-12)15-18-14(24-20-15)10-26-16-19-21-22-23(16)7-6-13-5-2-8-25-13/h1-5,8-9H,6-7,10H2. The van der Waals surface area contributed by atoms with Gasteiger partial charge in [0.05, 0.1) is 12.3 Å². The Morgan fingerprint density at radius 2 is 2.19 bits per heavy atom. The second-order valence-corrected chi connectivity index (χ2v) is 7.74. The van der Waals surface area contributed by atoms with Crippen LogP contribution < -0.4 is 0 Å². The lowest BCUT2D eigenvalue weighted by Gasteiger charge is -2.01. The van der Waals surface area contributed by atoms with Crippen molar-refractivity contribution in [3.8, 4) is 11.4 Å². The molecule has 0 saturated carbocycles.